The molecule has 2 aromatic carbocycles. The van der Waals surface area contributed by atoms with E-state index in [0.29, 0.717) is 27.2 Å². The van der Waals surface area contributed by atoms with E-state index in [0.717, 1.165) is 12.0 Å². The minimum absolute atomic E-state index is 0.0593. The van der Waals surface area contributed by atoms with Gasteiger partial charge < -0.3 is 9.47 Å². The smallest absolute Gasteiger partial charge is 0.180 e. The van der Waals surface area contributed by atoms with Gasteiger partial charge in [0.15, 0.2) is 11.5 Å². The third-order valence-corrected chi connectivity index (χ3v) is 3.95. The number of methoxy groups -OCH3 is 1. The molecule has 3 nitrogen and oxygen atoms in total. The van der Waals surface area contributed by atoms with E-state index in [1.165, 1.54) is 0 Å². The summed E-state index contributed by atoms with van der Waals surface area (Å²) in [5.74, 6) is 1.14. The van der Waals surface area contributed by atoms with Gasteiger partial charge >= 0.3 is 0 Å². The van der Waals surface area contributed by atoms with Crippen LogP contribution in [0.5, 0.6) is 11.5 Å². The molecule has 0 heterocycles. The van der Waals surface area contributed by atoms with Gasteiger partial charge in [-0.1, -0.05) is 42.3 Å². The number of benzene rings is 2. The largest absolute Gasteiger partial charge is 0.493 e. The van der Waals surface area contributed by atoms with Crippen LogP contribution in [0.4, 0.5) is 5.69 Å². The number of nitrogens with zero attached hydrogens (tertiary/aromatic N) is 1. The lowest BCUT2D eigenvalue weighted by Gasteiger charge is -2.17. The van der Waals surface area contributed by atoms with E-state index < -0.39 is 0 Å². The predicted octanol–water partition coefficient (Wildman–Crippen LogP) is 5.93. The second kappa shape index (κ2) is 8.23. The Bertz CT molecular complexity index is 701. The molecule has 2 aromatic rings. The van der Waals surface area contributed by atoms with Crippen molar-refractivity contribution < 1.29 is 9.47 Å². The zero-order chi connectivity index (χ0) is 16.8. The quantitative estimate of drug-likeness (QED) is 0.603. The Labute approximate surface area is 146 Å². The third kappa shape index (κ3) is 4.63. The van der Waals surface area contributed by atoms with Gasteiger partial charge in [-0.25, -0.2) is 0 Å². The van der Waals surface area contributed by atoms with Gasteiger partial charge in [0.05, 0.1) is 28.9 Å². The SMILES string of the molecule is CC[C@@H](C)Oc1c(Cl)cc(C=Nc2ccccc2Cl)cc1OC. The maximum absolute atomic E-state index is 6.33. The Morgan fingerprint density at radius 3 is 2.57 bits per heavy atom. The van der Waals surface area contributed by atoms with Crippen molar-refractivity contribution in [2.75, 3.05) is 7.11 Å². The van der Waals surface area contributed by atoms with Crippen LogP contribution < -0.4 is 9.47 Å². The molecule has 0 aliphatic heterocycles. The highest BCUT2D eigenvalue weighted by Crippen LogP contribution is 2.37. The minimum Gasteiger partial charge on any atom is -0.493 e. The predicted molar refractivity (Wildman–Crippen MR) is 97.1 cm³/mol. The summed E-state index contributed by atoms with van der Waals surface area (Å²) in [5, 5.41) is 1.09. The van der Waals surface area contributed by atoms with Gasteiger partial charge in [-0.05, 0) is 43.2 Å². The highest BCUT2D eigenvalue weighted by atomic mass is 35.5. The van der Waals surface area contributed by atoms with Crippen molar-refractivity contribution in [3.8, 4) is 11.5 Å². The molecule has 2 rings (SSSR count). The summed E-state index contributed by atoms with van der Waals surface area (Å²) in [7, 11) is 1.59. The van der Waals surface area contributed by atoms with Crippen LogP contribution in [-0.4, -0.2) is 19.4 Å². The summed E-state index contributed by atoms with van der Waals surface area (Å²) in [5.41, 5.74) is 1.51. The average Bonchev–Trinajstić information content (AvgIpc) is 2.55. The fourth-order valence-corrected chi connectivity index (χ4v) is 2.36. The second-order valence-corrected chi connectivity index (χ2v) is 5.89. The molecule has 5 heteroatoms. The van der Waals surface area contributed by atoms with Crippen molar-refractivity contribution in [2.24, 2.45) is 4.99 Å². The molecule has 0 saturated heterocycles. The first kappa shape index (κ1) is 17.6. The van der Waals surface area contributed by atoms with E-state index in [-0.39, 0.29) is 6.10 Å². The Hall–Kier alpha value is -1.71. The number of aliphatic imine (C=N–C) groups is 1. The van der Waals surface area contributed by atoms with Crippen LogP contribution in [0.15, 0.2) is 41.4 Å². The molecule has 122 valence electrons. The topological polar surface area (TPSA) is 30.8 Å². The number of halogens is 2. The first-order chi connectivity index (χ1) is 11.0. The molecule has 0 aliphatic rings. The van der Waals surface area contributed by atoms with Crippen LogP contribution in [0, 0.1) is 0 Å². The first-order valence-corrected chi connectivity index (χ1v) is 8.13. The van der Waals surface area contributed by atoms with Crippen molar-refractivity contribution in [3.63, 3.8) is 0 Å². The normalized spacial score (nSPS) is 12.4. The molecule has 0 aromatic heterocycles. The second-order valence-electron chi connectivity index (χ2n) is 5.08. The molecule has 0 amide bonds. The highest BCUT2D eigenvalue weighted by Gasteiger charge is 2.14. The van der Waals surface area contributed by atoms with Gasteiger partial charge in [0.25, 0.3) is 0 Å². The number of ether oxygens (including phenoxy) is 2. The molecule has 23 heavy (non-hydrogen) atoms. The fourth-order valence-electron chi connectivity index (χ4n) is 1.91. The molecule has 0 aliphatic carbocycles. The van der Waals surface area contributed by atoms with Gasteiger partial charge in [-0.3, -0.25) is 4.99 Å². The van der Waals surface area contributed by atoms with Crippen LogP contribution in [0.2, 0.25) is 10.0 Å². The summed E-state index contributed by atoms with van der Waals surface area (Å²) in [6.45, 7) is 4.04. The molecular formula is C18H19Cl2NO2. The first-order valence-electron chi connectivity index (χ1n) is 7.38. The lowest BCUT2D eigenvalue weighted by Crippen LogP contribution is -2.11. The van der Waals surface area contributed by atoms with E-state index in [1.807, 2.05) is 31.2 Å². The van der Waals surface area contributed by atoms with Gasteiger partial charge in [0.2, 0.25) is 0 Å². The molecular weight excluding hydrogens is 333 g/mol. The van der Waals surface area contributed by atoms with E-state index in [1.54, 1.807) is 25.5 Å². The molecule has 0 radical (unpaired) electrons. The lowest BCUT2D eigenvalue weighted by atomic mass is 10.2. The number of rotatable bonds is 6. The van der Waals surface area contributed by atoms with Crippen molar-refractivity contribution in [1.29, 1.82) is 0 Å². The van der Waals surface area contributed by atoms with Crippen molar-refractivity contribution in [3.05, 3.63) is 52.0 Å². The van der Waals surface area contributed by atoms with Crippen LogP contribution in [-0.2, 0) is 0 Å². The standard InChI is InChI=1S/C18H19Cl2NO2/c1-4-12(2)23-18-15(20)9-13(10-17(18)22-3)11-21-16-8-6-5-7-14(16)19/h5-12H,4H2,1-3H3/t12-/m1/s1. The Balaban J connectivity index is 2.31. The third-order valence-electron chi connectivity index (χ3n) is 3.35. The molecule has 0 spiro atoms. The van der Waals surface area contributed by atoms with Gasteiger partial charge in [-0.2, -0.15) is 0 Å². The van der Waals surface area contributed by atoms with Crippen molar-refractivity contribution >= 4 is 35.1 Å². The molecule has 0 unspecified atom stereocenters. The highest BCUT2D eigenvalue weighted by molar-refractivity contribution is 6.33. The van der Waals surface area contributed by atoms with E-state index in [4.69, 9.17) is 32.7 Å². The Morgan fingerprint density at radius 2 is 1.91 bits per heavy atom. The maximum atomic E-state index is 6.33. The number of hydrogen-bond donors (Lipinski definition) is 0. The van der Waals surface area contributed by atoms with E-state index in [9.17, 15) is 0 Å². The van der Waals surface area contributed by atoms with Crippen LogP contribution >= 0.6 is 23.2 Å². The van der Waals surface area contributed by atoms with Gasteiger partial charge in [0, 0.05) is 6.21 Å². The molecule has 0 bridgehead atoms. The maximum Gasteiger partial charge on any atom is 0.180 e. The molecule has 1 atom stereocenters. The Kier molecular flexibility index (Phi) is 6.31. The summed E-state index contributed by atoms with van der Waals surface area (Å²) < 4.78 is 11.2. The van der Waals surface area contributed by atoms with Gasteiger partial charge in [-0.15, -0.1) is 0 Å². The van der Waals surface area contributed by atoms with E-state index in [2.05, 4.69) is 11.9 Å². The van der Waals surface area contributed by atoms with Crippen LogP contribution in [0.25, 0.3) is 0 Å². The summed E-state index contributed by atoms with van der Waals surface area (Å²) in [6, 6.07) is 11.0. The van der Waals surface area contributed by atoms with Crippen LogP contribution in [0.3, 0.4) is 0 Å². The fraction of sp³-hybridized carbons (Fsp3) is 0.278. The van der Waals surface area contributed by atoms with Crippen LogP contribution in [0.1, 0.15) is 25.8 Å². The molecule has 0 saturated carbocycles. The number of hydrogen-bond acceptors (Lipinski definition) is 3. The van der Waals surface area contributed by atoms with Crippen molar-refractivity contribution in [2.45, 2.75) is 26.4 Å². The Morgan fingerprint density at radius 1 is 1.17 bits per heavy atom. The summed E-state index contributed by atoms with van der Waals surface area (Å²) in [6.07, 6.45) is 2.64. The molecule has 0 N–H and O–H groups in total. The van der Waals surface area contributed by atoms with Gasteiger partial charge in [0.1, 0.15) is 0 Å². The zero-order valence-corrected chi connectivity index (χ0v) is 14.9. The molecule has 0 fully saturated rings. The monoisotopic (exact) mass is 351 g/mol. The van der Waals surface area contributed by atoms with Crippen molar-refractivity contribution in [1.82, 2.24) is 0 Å². The van der Waals surface area contributed by atoms with E-state index >= 15 is 0 Å². The number of para-hydroxylation sites is 1. The average molecular weight is 352 g/mol. The summed E-state index contributed by atoms with van der Waals surface area (Å²) in [4.78, 5) is 4.39. The lowest BCUT2D eigenvalue weighted by molar-refractivity contribution is 0.208. The minimum atomic E-state index is 0.0593. The summed E-state index contributed by atoms with van der Waals surface area (Å²) >= 11 is 12.4. The zero-order valence-electron chi connectivity index (χ0n) is 13.3.